The standard InChI is InChI=1S/C18H29N5O3/c1-3-11-26-16-6-5-14(12-20-16)13-21-17(19)22-15-7-9-23(10-8-15)18(24)25-4-2/h5-6,12,15H,3-4,7-11,13H2,1-2H3,(H3,19,21,22). The number of guanidine groups is 1. The molecule has 2 rings (SSSR count). The van der Waals surface area contributed by atoms with Crippen molar-refractivity contribution in [1.29, 1.82) is 0 Å². The quantitative estimate of drug-likeness (QED) is 0.567. The van der Waals surface area contributed by atoms with E-state index in [9.17, 15) is 4.79 Å². The van der Waals surface area contributed by atoms with Crippen LogP contribution < -0.4 is 15.8 Å². The minimum atomic E-state index is -0.244. The van der Waals surface area contributed by atoms with Crippen LogP contribution in [-0.2, 0) is 11.3 Å². The molecule has 1 saturated heterocycles. The number of hydrogen-bond acceptors (Lipinski definition) is 5. The number of hydrogen-bond donors (Lipinski definition) is 2. The molecule has 8 heteroatoms. The predicted molar refractivity (Wildman–Crippen MR) is 100 cm³/mol. The van der Waals surface area contributed by atoms with Crippen LogP contribution in [0, 0.1) is 0 Å². The molecular formula is C18H29N5O3. The van der Waals surface area contributed by atoms with Gasteiger partial charge in [0.2, 0.25) is 5.88 Å². The number of nitrogens with two attached hydrogens (primary N) is 1. The summed E-state index contributed by atoms with van der Waals surface area (Å²) in [4.78, 5) is 22.0. The zero-order valence-corrected chi connectivity index (χ0v) is 15.6. The summed E-state index contributed by atoms with van der Waals surface area (Å²) in [5.74, 6) is 1.03. The first-order valence-electron chi connectivity index (χ1n) is 9.18. The monoisotopic (exact) mass is 363 g/mol. The lowest BCUT2D eigenvalue weighted by Gasteiger charge is -2.31. The summed E-state index contributed by atoms with van der Waals surface area (Å²) in [5, 5.41) is 3.22. The smallest absolute Gasteiger partial charge is 0.409 e. The summed E-state index contributed by atoms with van der Waals surface area (Å²) in [6, 6.07) is 3.99. The Morgan fingerprint density at radius 1 is 1.38 bits per heavy atom. The first-order valence-corrected chi connectivity index (χ1v) is 9.18. The maximum atomic E-state index is 11.7. The van der Waals surface area contributed by atoms with Crippen LogP contribution in [0.3, 0.4) is 0 Å². The van der Waals surface area contributed by atoms with E-state index >= 15 is 0 Å². The van der Waals surface area contributed by atoms with Crippen LogP contribution in [0.4, 0.5) is 4.79 Å². The van der Waals surface area contributed by atoms with Gasteiger partial charge in [-0.05, 0) is 31.7 Å². The van der Waals surface area contributed by atoms with Gasteiger partial charge >= 0.3 is 6.09 Å². The largest absolute Gasteiger partial charge is 0.478 e. The number of nitrogens with one attached hydrogen (secondary N) is 1. The zero-order valence-electron chi connectivity index (χ0n) is 15.6. The van der Waals surface area contributed by atoms with Crippen molar-refractivity contribution in [1.82, 2.24) is 15.2 Å². The summed E-state index contributed by atoms with van der Waals surface area (Å²) < 4.78 is 10.5. The van der Waals surface area contributed by atoms with E-state index in [0.717, 1.165) is 24.8 Å². The molecule has 1 amide bonds. The predicted octanol–water partition coefficient (Wildman–Crippen LogP) is 1.90. The average molecular weight is 363 g/mol. The van der Waals surface area contributed by atoms with Gasteiger partial charge in [-0.3, -0.25) is 0 Å². The van der Waals surface area contributed by atoms with Crippen LogP contribution in [0.15, 0.2) is 23.3 Å². The van der Waals surface area contributed by atoms with Gasteiger partial charge in [0.05, 0.1) is 19.8 Å². The number of amides is 1. The van der Waals surface area contributed by atoms with Gasteiger partial charge in [-0.15, -0.1) is 0 Å². The fraction of sp³-hybridized carbons (Fsp3) is 0.611. The highest BCUT2D eigenvalue weighted by Gasteiger charge is 2.23. The average Bonchev–Trinajstić information content (AvgIpc) is 2.66. The SMILES string of the molecule is CCCOc1ccc(CN=C(N)NC2CCN(C(=O)OCC)CC2)cn1. The summed E-state index contributed by atoms with van der Waals surface area (Å²) in [5.41, 5.74) is 6.95. The molecule has 8 nitrogen and oxygen atoms in total. The Morgan fingerprint density at radius 3 is 2.77 bits per heavy atom. The highest BCUT2D eigenvalue weighted by molar-refractivity contribution is 5.78. The van der Waals surface area contributed by atoms with Crippen LogP contribution in [0.25, 0.3) is 0 Å². The second-order valence-electron chi connectivity index (χ2n) is 6.16. The van der Waals surface area contributed by atoms with Crippen molar-refractivity contribution in [2.45, 2.75) is 45.7 Å². The molecule has 1 aliphatic rings. The normalized spacial score (nSPS) is 15.6. The Bertz CT molecular complexity index is 583. The number of aromatic nitrogens is 1. The Labute approximate surface area is 154 Å². The third-order valence-electron chi connectivity index (χ3n) is 4.06. The molecular weight excluding hydrogens is 334 g/mol. The molecule has 1 aliphatic heterocycles. The molecule has 0 bridgehead atoms. The van der Waals surface area contributed by atoms with Crippen LogP contribution >= 0.6 is 0 Å². The van der Waals surface area contributed by atoms with E-state index < -0.39 is 0 Å². The molecule has 1 fully saturated rings. The molecule has 3 N–H and O–H groups in total. The number of likely N-dealkylation sites (tertiary alicyclic amines) is 1. The Balaban J connectivity index is 1.74. The van der Waals surface area contributed by atoms with Crippen LogP contribution in [0.5, 0.6) is 5.88 Å². The number of pyridine rings is 1. The molecule has 1 aromatic heterocycles. The first kappa shape index (κ1) is 19.8. The van der Waals surface area contributed by atoms with E-state index in [1.165, 1.54) is 0 Å². The number of rotatable bonds is 7. The lowest BCUT2D eigenvalue weighted by molar-refractivity contribution is 0.0963. The minimum absolute atomic E-state index is 0.215. The van der Waals surface area contributed by atoms with Crippen LogP contribution in [-0.4, -0.2) is 54.3 Å². The van der Waals surface area contributed by atoms with E-state index in [0.29, 0.717) is 44.7 Å². The molecule has 0 unspecified atom stereocenters. The van der Waals surface area contributed by atoms with Crippen molar-refractivity contribution >= 4 is 12.1 Å². The highest BCUT2D eigenvalue weighted by Crippen LogP contribution is 2.12. The van der Waals surface area contributed by atoms with Gasteiger partial charge in [-0.25, -0.2) is 14.8 Å². The molecule has 144 valence electrons. The van der Waals surface area contributed by atoms with E-state index in [-0.39, 0.29) is 12.1 Å². The first-order chi connectivity index (χ1) is 12.6. The third-order valence-corrected chi connectivity index (χ3v) is 4.06. The van der Waals surface area contributed by atoms with Crippen molar-refractivity contribution in [3.05, 3.63) is 23.9 Å². The fourth-order valence-corrected chi connectivity index (χ4v) is 2.65. The number of piperidine rings is 1. The molecule has 0 radical (unpaired) electrons. The molecule has 0 aliphatic carbocycles. The Hall–Kier alpha value is -2.51. The van der Waals surface area contributed by atoms with Crippen molar-refractivity contribution in [2.24, 2.45) is 10.7 Å². The zero-order chi connectivity index (χ0) is 18.8. The number of ether oxygens (including phenoxy) is 2. The Kier molecular flexibility index (Phi) is 7.98. The topological polar surface area (TPSA) is 102 Å². The van der Waals surface area contributed by atoms with Gasteiger partial charge in [0, 0.05) is 31.4 Å². The highest BCUT2D eigenvalue weighted by atomic mass is 16.6. The number of aliphatic imine (C=N–C) groups is 1. The molecule has 0 spiro atoms. The molecule has 0 aromatic carbocycles. The maximum Gasteiger partial charge on any atom is 0.409 e. The van der Waals surface area contributed by atoms with E-state index in [1.807, 2.05) is 19.1 Å². The minimum Gasteiger partial charge on any atom is -0.478 e. The van der Waals surface area contributed by atoms with E-state index in [2.05, 4.69) is 22.2 Å². The Morgan fingerprint density at radius 2 is 2.15 bits per heavy atom. The van der Waals surface area contributed by atoms with Crippen molar-refractivity contribution in [3.63, 3.8) is 0 Å². The lowest BCUT2D eigenvalue weighted by atomic mass is 10.1. The van der Waals surface area contributed by atoms with Gasteiger partial charge in [-0.2, -0.15) is 0 Å². The summed E-state index contributed by atoms with van der Waals surface area (Å²) in [6.45, 7) is 6.71. The molecule has 0 atom stereocenters. The summed E-state index contributed by atoms with van der Waals surface area (Å²) >= 11 is 0. The van der Waals surface area contributed by atoms with Crippen molar-refractivity contribution in [3.8, 4) is 5.88 Å². The van der Waals surface area contributed by atoms with Gasteiger partial charge in [0.15, 0.2) is 5.96 Å². The lowest BCUT2D eigenvalue weighted by Crippen LogP contribution is -2.48. The molecule has 26 heavy (non-hydrogen) atoms. The van der Waals surface area contributed by atoms with E-state index in [1.54, 1.807) is 11.1 Å². The third kappa shape index (κ3) is 6.42. The summed E-state index contributed by atoms with van der Waals surface area (Å²) in [6.07, 6.45) is 4.10. The number of nitrogens with zero attached hydrogens (tertiary/aromatic N) is 3. The fourth-order valence-electron chi connectivity index (χ4n) is 2.65. The number of carbonyl (C=O) groups is 1. The second-order valence-corrected chi connectivity index (χ2v) is 6.16. The molecule has 2 heterocycles. The van der Waals surface area contributed by atoms with Crippen LogP contribution in [0.2, 0.25) is 0 Å². The van der Waals surface area contributed by atoms with Gasteiger partial charge in [0.25, 0.3) is 0 Å². The van der Waals surface area contributed by atoms with Crippen molar-refractivity contribution < 1.29 is 14.3 Å². The molecule has 0 saturated carbocycles. The second kappa shape index (κ2) is 10.5. The number of carbonyl (C=O) groups excluding carboxylic acids is 1. The van der Waals surface area contributed by atoms with Crippen molar-refractivity contribution in [2.75, 3.05) is 26.3 Å². The van der Waals surface area contributed by atoms with E-state index in [4.69, 9.17) is 15.2 Å². The van der Waals surface area contributed by atoms with Gasteiger partial charge in [0.1, 0.15) is 0 Å². The maximum absolute atomic E-state index is 11.7. The van der Waals surface area contributed by atoms with Gasteiger partial charge < -0.3 is 25.4 Å². The summed E-state index contributed by atoms with van der Waals surface area (Å²) in [7, 11) is 0. The molecule has 1 aromatic rings. The van der Waals surface area contributed by atoms with Crippen LogP contribution in [0.1, 0.15) is 38.7 Å². The van der Waals surface area contributed by atoms with Gasteiger partial charge in [-0.1, -0.05) is 13.0 Å².